The van der Waals surface area contributed by atoms with E-state index in [1.54, 1.807) is 6.07 Å². The van der Waals surface area contributed by atoms with Crippen molar-refractivity contribution in [3.05, 3.63) is 44.9 Å². The number of benzene rings is 1. The third kappa shape index (κ3) is 3.36. The number of aryl methyl sites for hydroxylation is 1. The maximum absolute atomic E-state index is 10.6. The van der Waals surface area contributed by atoms with Gasteiger partial charge >= 0.3 is 0 Å². The smallest absolute Gasteiger partial charge is 0.271 e. The molecule has 0 saturated carbocycles. The third-order valence-corrected chi connectivity index (χ3v) is 2.18. The van der Waals surface area contributed by atoms with E-state index in [1.165, 1.54) is 12.1 Å². The van der Waals surface area contributed by atoms with Gasteiger partial charge in [-0.05, 0) is 12.5 Å². The second kappa shape index (κ2) is 4.93. The summed E-state index contributed by atoms with van der Waals surface area (Å²) in [5.74, 6) is 0. The van der Waals surface area contributed by atoms with E-state index in [0.29, 0.717) is 6.54 Å². The molecule has 0 aliphatic rings. The Labute approximate surface area is 96.3 Å². The minimum atomic E-state index is -0.409. The summed E-state index contributed by atoms with van der Waals surface area (Å²) in [5, 5.41) is 13.6. The van der Waals surface area contributed by atoms with Gasteiger partial charge in [-0.25, -0.2) is 0 Å². The monoisotopic (exact) mass is 270 g/mol. The summed E-state index contributed by atoms with van der Waals surface area (Å²) in [5.41, 5.74) is 1.81. The van der Waals surface area contributed by atoms with Crippen LogP contribution in [0.3, 0.4) is 0 Å². The van der Waals surface area contributed by atoms with Crippen LogP contribution in [0.1, 0.15) is 5.56 Å². The number of non-ortho nitro benzene ring substituents is 1. The predicted molar refractivity (Wildman–Crippen MR) is 64.4 cm³/mol. The number of anilines is 1. The molecule has 4 nitrogen and oxygen atoms in total. The van der Waals surface area contributed by atoms with Crippen LogP contribution in [0.15, 0.2) is 29.3 Å². The summed E-state index contributed by atoms with van der Waals surface area (Å²) in [6, 6.07) is 4.73. The number of rotatable bonds is 4. The molecule has 0 bridgehead atoms. The number of nitrogens with one attached hydrogen (secondary N) is 1. The Morgan fingerprint density at radius 1 is 1.67 bits per heavy atom. The van der Waals surface area contributed by atoms with E-state index in [9.17, 15) is 10.1 Å². The maximum atomic E-state index is 10.6. The molecule has 1 N–H and O–H groups in total. The molecule has 1 aromatic rings. The van der Waals surface area contributed by atoms with E-state index < -0.39 is 4.92 Å². The highest BCUT2D eigenvalue weighted by Crippen LogP contribution is 2.22. The molecule has 0 fully saturated rings. The molecule has 0 aliphatic heterocycles. The van der Waals surface area contributed by atoms with Crippen molar-refractivity contribution < 1.29 is 4.92 Å². The first-order chi connectivity index (χ1) is 7.00. The van der Waals surface area contributed by atoms with E-state index in [4.69, 9.17) is 0 Å². The Morgan fingerprint density at radius 3 is 2.87 bits per heavy atom. The zero-order chi connectivity index (χ0) is 11.4. The molecule has 0 aromatic heterocycles. The van der Waals surface area contributed by atoms with Crippen molar-refractivity contribution in [1.82, 2.24) is 0 Å². The fraction of sp³-hybridized carbons (Fsp3) is 0.200. The SMILES string of the molecule is C=C(Br)CNc1cc([N+](=O)[O-])ccc1C. The minimum absolute atomic E-state index is 0.0864. The second-order valence-electron chi connectivity index (χ2n) is 3.13. The van der Waals surface area contributed by atoms with Crippen molar-refractivity contribution in [3.63, 3.8) is 0 Å². The molecule has 80 valence electrons. The topological polar surface area (TPSA) is 55.2 Å². The van der Waals surface area contributed by atoms with Crippen LogP contribution in [0, 0.1) is 17.0 Å². The first kappa shape index (κ1) is 11.7. The average Bonchev–Trinajstić information content (AvgIpc) is 2.16. The van der Waals surface area contributed by atoms with E-state index in [1.807, 2.05) is 6.92 Å². The molecule has 15 heavy (non-hydrogen) atoms. The molecule has 0 aliphatic carbocycles. The van der Waals surface area contributed by atoms with Crippen LogP contribution in [0.4, 0.5) is 11.4 Å². The largest absolute Gasteiger partial charge is 0.380 e. The van der Waals surface area contributed by atoms with Crippen LogP contribution < -0.4 is 5.32 Å². The average molecular weight is 271 g/mol. The maximum Gasteiger partial charge on any atom is 0.271 e. The fourth-order valence-corrected chi connectivity index (χ4v) is 1.25. The van der Waals surface area contributed by atoms with Crippen molar-refractivity contribution in [2.24, 2.45) is 0 Å². The van der Waals surface area contributed by atoms with Gasteiger partial charge in [-0.3, -0.25) is 10.1 Å². The van der Waals surface area contributed by atoms with E-state index in [0.717, 1.165) is 15.7 Å². The van der Waals surface area contributed by atoms with E-state index >= 15 is 0 Å². The van der Waals surface area contributed by atoms with Gasteiger partial charge in [0.15, 0.2) is 0 Å². The van der Waals surface area contributed by atoms with Crippen molar-refractivity contribution in [1.29, 1.82) is 0 Å². The van der Waals surface area contributed by atoms with Gasteiger partial charge in [-0.1, -0.05) is 28.6 Å². The second-order valence-corrected chi connectivity index (χ2v) is 4.25. The van der Waals surface area contributed by atoms with Gasteiger partial charge < -0.3 is 5.32 Å². The molecule has 0 saturated heterocycles. The Hall–Kier alpha value is -1.36. The third-order valence-electron chi connectivity index (χ3n) is 1.90. The lowest BCUT2D eigenvalue weighted by molar-refractivity contribution is -0.384. The highest BCUT2D eigenvalue weighted by Gasteiger charge is 2.07. The van der Waals surface area contributed by atoms with E-state index in [2.05, 4.69) is 27.8 Å². The highest BCUT2D eigenvalue weighted by atomic mass is 79.9. The summed E-state index contributed by atoms with van der Waals surface area (Å²) in [6.45, 7) is 6.11. The number of nitrogens with zero attached hydrogens (tertiary/aromatic N) is 1. The summed E-state index contributed by atoms with van der Waals surface area (Å²) >= 11 is 3.21. The summed E-state index contributed by atoms with van der Waals surface area (Å²) in [6.07, 6.45) is 0. The lowest BCUT2D eigenvalue weighted by atomic mass is 10.2. The summed E-state index contributed by atoms with van der Waals surface area (Å²) in [4.78, 5) is 10.1. The molecular formula is C10H11BrN2O2. The Balaban J connectivity index is 2.90. The Morgan fingerprint density at radius 2 is 2.33 bits per heavy atom. The lowest BCUT2D eigenvalue weighted by Crippen LogP contribution is -2.02. The quantitative estimate of drug-likeness (QED) is 0.675. The molecule has 1 aromatic carbocycles. The number of halogens is 1. The van der Waals surface area contributed by atoms with Crippen LogP contribution in [0.25, 0.3) is 0 Å². The number of nitro groups is 1. The van der Waals surface area contributed by atoms with Gasteiger partial charge in [0.2, 0.25) is 0 Å². The summed E-state index contributed by atoms with van der Waals surface area (Å²) < 4.78 is 0.799. The van der Waals surface area contributed by atoms with Crippen LogP contribution >= 0.6 is 15.9 Å². The predicted octanol–water partition coefficient (Wildman–Crippen LogP) is 3.22. The molecule has 1 rings (SSSR count). The fourth-order valence-electron chi connectivity index (χ4n) is 1.11. The first-order valence-corrected chi connectivity index (χ1v) is 5.12. The van der Waals surface area contributed by atoms with Crippen molar-refractivity contribution in [2.75, 3.05) is 11.9 Å². The van der Waals surface area contributed by atoms with Crippen molar-refractivity contribution in [2.45, 2.75) is 6.92 Å². The van der Waals surface area contributed by atoms with Crippen molar-refractivity contribution >= 4 is 27.3 Å². The molecule has 0 spiro atoms. The standard InChI is InChI=1S/C10H11BrN2O2/c1-7-3-4-9(13(14)15)5-10(7)12-6-8(2)11/h3-5,12H,2,6H2,1H3. The molecule has 0 atom stereocenters. The van der Waals surface area contributed by atoms with Gasteiger partial charge in [-0.2, -0.15) is 0 Å². The summed E-state index contributed by atoms with van der Waals surface area (Å²) in [7, 11) is 0. The van der Waals surface area contributed by atoms with Gasteiger partial charge in [0.25, 0.3) is 5.69 Å². The van der Waals surface area contributed by atoms with Gasteiger partial charge in [-0.15, -0.1) is 0 Å². The lowest BCUT2D eigenvalue weighted by Gasteiger charge is -2.08. The molecule has 5 heteroatoms. The minimum Gasteiger partial charge on any atom is -0.380 e. The Bertz CT molecular complexity index is 404. The molecular weight excluding hydrogens is 260 g/mol. The normalized spacial score (nSPS) is 9.73. The van der Waals surface area contributed by atoms with E-state index in [-0.39, 0.29) is 5.69 Å². The number of hydrogen-bond acceptors (Lipinski definition) is 3. The number of hydrogen-bond donors (Lipinski definition) is 1. The van der Waals surface area contributed by atoms with Gasteiger partial charge in [0.1, 0.15) is 0 Å². The Kier molecular flexibility index (Phi) is 3.85. The van der Waals surface area contributed by atoms with Crippen LogP contribution in [0.5, 0.6) is 0 Å². The molecule has 0 radical (unpaired) electrons. The zero-order valence-electron chi connectivity index (χ0n) is 8.29. The molecule has 0 unspecified atom stereocenters. The van der Waals surface area contributed by atoms with Crippen LogP contribution in [-0.4, -0.2) is 11.5 Å². The molecule has 0 heterocycles. The van der Waals surface area contributed by atoms with Crippen molar-refractivity contribution in [3.8, 4) is 0 Å². The highest BCUT2D eigenvalue weighted by molar-refractivity contribution is 9.11. The van der Waals surface area contributed by atoms with Crippen LogP contribution in [-0.2, 0) is 0 Å². The number of nitro benzene ring substituents is 1. The molecule has 0 amide bonds. The van der Waals surface area contributed by atoms with Gasteiger partial charge in [0.05, 0.1) is 4.92 Å². The zero-order valence-corrected chi connectivity index (χ0v) is 9.87. The van der Waals surface area contributed by atoms with Crippen LogP contribution in [0.2, 0.25) is 0 Å². The first-order valence-electron chi connectivity index (χ1n) is 4.33. The van der Waals surface area contributed by atoms with Gasteiger partial charge in [0, 0.05) is 28.8 Å².